The lowest BCUT2D eigenvalue weighted by Gasteiger charge is -2.12. The van der Waals surface area contributed by atoms with Gasteiger partial charge in [-0.1, -0.05) is 12.1 Å². The Morgan fingerprint density at radius 2 is 1.59 bits per heavy atom. The molecule has 0 saturated carbocycles. The second-order valence-corrected chi connectivity index (χ2v) is 5.69. The Kier molecular flexibility index (Phi) is 8.02. The molecule has 0 heterocycles. The first-order chi connectivity index (χ1) is 14.0. The quantitative estimate of drug-likeness (QED) is 0.645. The normalized spacial score (nSPS) is 10.0. The number of hydrogen-bond acceptors (Lipinski definition) is 7. The van der Waals surface area contributed by atoms with Crippen LogP contribution in [0.1, 0.15) is 34.6 Å². The Morgan fingerprint density at radius 1 is 0.897 bits per heavy atom. The molecule has 0 radical (unpaired) electrons. The van der Waals surface area contributed by atoms with E-state index in [4.69, 9.17) is 14.2 Å². The number of methoxy groups -OCH3 is 1. The molecule has 0 bridgehead atoms. The largest absolute Gasteiger partial charge is 0.490 e. The molecule has 29 heavy (non-hydrogen) atoms. The second kappa shape index (κ2) is 10.7. The van der Waals surface area contributed by atoms with Crippen LogP contribution in [0, 0.1) is 0 Å². The van der Waals surface area contributed by atoms with Gasteiger partial charge < -0.3 is 24.3 Å². The number of amides is 1. The molecule has 0 unspecified atom stereocenters. The number of benzene rings is 2. The lowest BCUT2D eigenvalue weighted by molar-refractivity contribution is -0.119. The number of ether oxygens (including phenoxy) is 4. The minimum absolute atomic E-state index is 0.197. The molecule has 154 valence electrons. The topological polar surface area (TPSA) is 100 Å². The van der Waals surface area contributed by atoms with Gasteiger partial charge in [-0.25, -0.2) is 9.59 Å². The molecule has 0 aromatic heterocycles. The number of para-hydroxylation sites is 1. The molecule has 0 aliphatic carbocycles. The average Bonchev–Trinajstić information content (AvgIpc) is 2.73. The molecule has 0 saturated heterocycles. The minimum atomic E-state index is -0.689. The van der Waals surface area contributed by atoms with Crippen molar-refractivity contribution < 1.29 is 33.3 Å². The zero-order chi connectivity index (χ0) is 21.2. The standard InChI is InChI=1S/C21H23NO7/c1-4-27-17-11-10-14(12-18(17)28-5-2)20(24)29-13-19(23)22-16-9-7-6-8-15(16)21(25)26-3/h6-12H,4-5,13H2,1-3H3,(H,22,23). The third kappa shape index (κ3) is 5.97. The van der Waals surface area contributed by atoms with Gasteiger partial charge in [-0.2, -0.15) is 0 Å². The van der Waals surface area contributed by atoms with Gasteiger partial charge >= 0.3 is 11.9 Å². The van der Waals surface area contributed by atoms with E-state index in [0.717, 1.165) is 0 Å². The number of anilines is 1. The number of carbonyl (C=O) groups excluding carboxylic acids is 3. The minimum Gasteiger partial charge on any atom is -0.490 e. The van der Waals surface area contributed by atoms with Crippen LogP contribution in [-0.4, -0.2) is 44.8 Å². The van der Waals surface area contributed by atoms with Gasteiger partial charge in [0.2, 0.25) is 0 Å². The van der Waals surface area contributed by atoms with E-state index in [2.05, 4.69) is 10.1 Å². The number of nitrogens with one attached hydrogen (secondary N) is 1. The van der Waals surface area contributed by atoms with E-state index in [-0.39, 0.29) is 16.8 Å². The Labute approximate surface area is 168 Å². The Balaban J connectivity index is 2.01. The van der Waals surface area contributed by atoms with Crippen LogP contribution >= 0.6 is 0 Å². The Bertz CT molecular complexity index is 879. The first-order valence-electron chi connectivity index (χ1n) is 9.04. The van der Waals surface area contributed by atoms with E-state index in [1.54, 1.807) is 24.3 Å². The van der Waals surface area contributed by atoms with E-state index in [1.165, 1.54) is 25.3 Å². The summed E-state index contributed by atoms with van der Waals surface area (Å²) >= 11 is 0. The summed E-state index contributed by atoms with van der Waals surface area (Å²) in [5.41, 5.74) is 0.683. The zero-order valence-electron chi connectivity index (χ0n) is 16.5. The van der Waals surface area contributed by atoms with Gasteiger partial charge in [0.05, 0.1) is 37.1 Å². The molecule has 0 fully saturated rings. The van der Waals surface area contributed by atoms with Crippen molar-refractivity contribution in [3.8, 4) is 11.5 Å². The Morgan fingerprint density at radius 3 is 2.28 bits per heavy atom. The second-order valence-electron chi connectivity index (χ2n) is 5.69. The van der Waals surface area contributed by atoms with Crippen molar-refractivity contribution in [2.75, 3.05) is 32.2 Å². The maximum atomic E-state index is 12.3. The number of carbonyl (C=O) groups is 3. The monoisotopic (exact) mass is 401 g/mol. The van der Waals surface area contributed by atoms with Crippen LogP contribution in [-0.2, 0) is 14.3 Å². The lowest BCUT2D eigenvalue weighted by Crippen LogP contribution is -2.22. The highest BCUT2D eigenvalue weighted by molar-refractivity contribution is 6.02. The first kappa shape index (κ1) is 21.7. The molecule has 2 aromatic carbocycles. The maximum Gasteiger partial charge on any atom is 0.339 e. The molecule has 1 amide bonds. The van der Waals surface area contributed by atoms with Crippen LogP contribution in [0.15, 0.2) is 42.5 Å². The van der Waals surface area contributed by atoms with E-state index in [9.17, 15) is 14.4 Å². The molecular weight excluding hydrogens is 378 g/mol. The lowest BCUT2D eigenvalue weighted by atomic mass is 10.2. The summed E-state index contributed by atoms with van der Waals surface area (Å²) in [5, 5.41) is 2.53. The molecule has 0 spiro atoms. The molecule has 0 atom stereocenters. The molecule has 8 nitrogen and oxygen atoms in total. The van der Waals surface area contributed by atoms with Gasteiger partial charge in [-0.05, 0) is 44.2 Å². The van der Waals surface area contributed by atoms with E-state index in [1.807, 2.05) is 13.8 Å². The molecule has 2 rings (SSSR count). The zero-order valence-corrected chi connectivity index (χ0v) is 16.5. The van der Waals surface area contributed by atoms with Gasteiger partial charge in [-0.15, -0.1) is 0 Å². The van der Waals surface area contributed by atoms with Crippen molar-refractivity contribution in [2.24, 2.45) is 0 Å². The highest BCUT2D eigenvalue weighted by atomic mass is 16.5. The van der Waals surface area contributed by atoms with Crippen molar-refractivity contribution in [1.82, 2.24) is 0 Å². The molecule has 0 aliphatic heterocycles. The number of hydrogen-bond donors (Lipinski definition) is 1. The SMILES string of the molecule is CCOc1ccc(C(=O)OCC(=O)Nc2ccccc2C(=O)OC)cc1OCC. The van der Waals surface area contributed by atoms with Gasteiger partial charge in [0.15, 0.2) is 18.1 Å². The molecule has 1 N–H and O–H groups in total. The van der Waals surface area contributed by atoms with Gasteiger partial charge in [0.1, 0.15) is 0 Å². The fourth-order valence-electron chi connectivity index (χ4n) is 2.46. The summed E-state index contributed by atoms with van der Waals surface area (Å²) in [6.45, 7) is 4.00. The van der Waals surface area contributed by atoms with Crippen LogP contribution in [0.5, 0.6) is 11.5 Å². The number of esters is 2. The van der Waals surface area contributed by atoms with E-state index in [0.29, 0.717) is 24.7 Å². The van der Waals surface area contributed by atoms with Crippen molar-refractivity contribution in [3.05, 3.63) is 53.6 Å². The summed E-state index contributed by atoms with van der Waals surface area (Å²) in [6, 6.07) is 11.0. The highest BCUT2D eigenvalue weighted by Gasteiger charge is 2.16. The predicted octanol–water partition coefficient (Wildman–Crippen LogP) is 3.07. The predicted molar refractivity (Wildman–Crippen MR) is 105 cm³/mol. The van der Waals surface area contributed by atoms with Crippen molar-refractivity contribution in [1.29, 1.82) is 0 Å². The van der Waals surface area contributed by atoms with Crippen molar-refractivity contribution in [3.63, 3.8) is 0 Å². The fraction of sp³-hybridized carbons (Fsp3) is 0.286. The maximum absolute atomic E-state index is 12.3. The third-order valence-corrected chi connectivity index (χ3v) is 3.72. The van der Waals surface area contributed by atoms with Crippen LogP contribution in [0.2, 0.25) is 0 Å². The van der Waals surface area contributed by atoms with Crippen LogP contribution in [0.3, 0.4) is 0 Å². The summed E-state index contributed by atoms with van der Waals surface area (Å²) < 4.78 is 20.7. The molecular formula is C21H23NO7. The van der Waals surface area contributed by atoms with Gasteiger partial charge in [-0.3, -0.25) is 4.79 Å². The molecule has 2 aromatic rings. The smallest absolute Gasteiger partial charge is 0.339 e. The molecule has 0 aliphatic rings. The summed E-state index contributed by atoms with van der Waals surface area (Å²) in [5.74, 6) is -0.935. The van der Waals surface area contributed by atoms with Crippen LogP contribution in [0.25, 0.3) is 0 Å². The van der Waals surface area contributed by atoms with E-state index >= 15 is 0 Å². The first-order valence-corrected chi connectivity index (χ1v) is 9.04. The summed E-state index contributed by atoms with van der Waals surface area (Å²) in [6.07, 6.45) is 0. The molecule has 8 heteroatoms. The Hall–Kier alpha value is -3.55. The fourth-order valence-corrected chi connectivity index (χ4v) is 2.46. The average molecular weight is 401 g/mol. The van der Waals surface area contributed by atoms with Gasteiger partial charge in [0.25, 0.3) is 5.91 Å². The highest BCUT2D eigenvalue weighted by Crippen LogP contribution is 2.28. The third-order valence-electron chi connectivity index (χ3n) is 3.72. The summed E-state index contributed by atoms with van der Waals surface area (Å²) in [7, 11) is 1.25. The van der Waals surface area contributed by atoms with Crippen molar-refractivity contribution in [2.45, 2.75) is 13.8 Å². The van der Waals surface area contributed by atoms with Gasteiger partial charge in [0, 0.05) is 0 Å². The summed E-state index contributed by atoms with van der Waals surface area (Å²) in [4.78, 5) is 36.2. The van der Waals surface area contributed by atoms with Crippen LogP contribution in [0.4, 0.5) is 5.69 Å². The number of rotatable bonds is 9. The van der Waals surface area contributed by atoms with E-state index < -0.39 is 24.5 Å². The van der Waals surface area contributed by atoms with Crippen LogP contribution < -0.4 is 14.8 Å². The van der Waals surface area contributed by atoms with Crippen molar-refractivity contribution >= 4 is 23.5 Å².